The van der Waals surface area contributed by atoms with Crippen LogP contribution in [-0.4, -0.2) is 45.8 Å². The number of aromatic nitrogens is 2. The van der Waals surface area contributed by atoms with Crippen molar-refractivity contribution in [3.63, 3.8) is 0 Å². The molecule has 166 valence electrons. The van der Waals surface area contributed by atoms with Gasteiger partial charge in [-0.05, 0) is 62.4 Å². The Morgan fingerprint density at radius 1 is 1.19 bits per heavy atom. The summed E-state index contributed by atoms with van der Waals surface area (Å²) in [5.41, 5.74) is 3.50. The molecule has 1 N–H and O–H groups in total. The summed E-state index contributed by atoms with van der Waals surface area (Å²) in [6, 6.07) is 7.28. The Hall–Kier alpha value is -2.93. The van der Waals surface area contributed by atoms with Crippen LogP contribution in [0.5, 0.6) is 0 Å². The Kier molecular flexibility index (Phi) is 5.16. The summed E-state index contributed by atoms with van der Waals surface area (Å²) in [7, 11) is 0. The van der Waals surface area contributed by atoms with E-state index >= 15 is 0 Å². The number of fused-ring (bicyclic) bond motifs is 1. The lowest BCUT2D eigenvalue weighted by molar-refractivity contribution is -0.0198. The zero-order valence-electron chi connectivity index (χ0n) is 18.2. The second-order valence-corrected chi connectivity index (χ2v) is 9.53. The minimum Gasteiger partial charge on any atom is -0.441 e. The maximum absolute atomic E-state index is 12.8. The lowest BCUT2D eigenvalue weighted by atomic mass is 9.67. The standard InChI is InChI=1S/C24H25ClN4O3/c1-14-9-18(21(25)26-11-14)23(31)29-12-24(13-29)7-5-17(6-8-24)28-22(30)16-3-4-19-20(10-16)32-15(2)27-19/h3-4,9-11,17H,5-8,12-13H2,1-2H3,(H,28,30). The molecule has 2 aliphatic rings. The van der Waals surface area contributed by atoms with Gasteiger partial charge < -0.3 is 14.6 Å². The molecule has 1 aliphatic heterocycles. The number of carbonyl (C=O) groups is 2. The largest absolute Gasteiger partial charge is 0.441 e. The van der Waals surface area contributed by atoms with Crippen molar-refractivity contribution in [1.82, 2.24) is 20.2 Å². The molecule has 7 nitrogen and oxygen atoms in total. The van der Waals surface area contributed by atoms with Crippen molar-refractivity contribution < 1.29 is 14.0 Å². The molecule has 2 amide bonds. The predicted molar refractivity (Wildman–Crippen MR) is 121 cm³/mol. The molecular weight excluding hydrogens is 428 g/mol. The molecule has 8 heteroatoms. The van der Waals surface area contributed by atoms with Crippen LogP contribution in [0.1, 0.15) is 57.9 Å². The zero-order valence-corrected chi connectivity index (χ0v) is 18.9. The lowest BCUT2D eigenvalue weighted by Crippen LogP contribution is -2.60. The molecule has 0 bridgehead atoms. The number of hydrogen-bond donors (Lipinski definition) is 1. The van der Waals surface area contributed by atoms with E-state index in [1.807, 2.05) is 17.9 Å². The maximum Gasteiger partial charge on any atom is 0.257 e. The number of likely N-dealkylation sites (tertiary alicyclic amines) is 1. The summed E-state index contributed by atoms with van der Waals surface area (Å²) in [5.74, 6) is 0.447. The summed E-state index contributed by atoms with van der Waals surface area (Å²) < 4.78 is 5.54. The molecule has 1 saturated carbocycles. The topological polar surface area (TPSA) is 88.3 Å². The van der Waals surface area contributed by atoms with Gasteiger partial charge in [0.15, 0.2) is 11.5 Å². The Morgan fingerprint density at radius 3 is 2.69 bits per heavy atom. The van der Waals surface area contributed by atoms with E-state index in [-0.39, 0.29) is 28.4 Å². The molecule has 2 aromatic heterocycles. The molecule has 3 aromatic rings. The van der Waals surface area contributed by atoms with E-state index in [4.69, 9.17) is 16.0 Å². The van der Waals surface area contributed by atoms with E-state index in [9.17, 15) is 9.59 Å². The highest BCUT2D eigenvalue weighted by Crippen LogP contribution is 2.44. The fourth-order valence-electron chi connectivity index (χ4n) is 4.92. The summed E-state index contributed by atoms with van der Waals surface area (Å²) in [6.07, 6.45) is 5.45. The molecule has 1 saturated heterocycles. The van der Waals surface area contributed by atoms with E-state index < -0.39 is 0 Å². The smallest absolute Gasteiger partial charge is 0.257 e. The molecule has 3 heterocycles. The Labute approximate surface area is 191 Å². The highest BCUT2D eigenvalue weighted by molar-refractivity contribution is 6.32. The first-order valence-corrected chi connectivity index (χ1v) is 11.3. The highest BCUT2D eigenvalue weighted by Gasteiger charge is 2.47. The van der Waals surface area contributed by atoms with Crippen LogP contribution in [0.3, 0.4) is 0 Å². The number of nitrogens with one attached hydrogen (secondary N) is 1. The number of carbonyl (C=O) groups excluding carboxylic acids is 2. The SMILES string of the molecule is Cc1cnc(Cl)c(C(=O)N2CC3(CCC(NC(=O)c4ccc5nc(C)oc5c4)CC3)C2)c1. The molecule has 0 atom stereocenters. The van der Waals surface area contributed by atoms with E-state index in [0.717, 1.165) is 49.9 Å². The van der Waals surface area contributed by atoms with Gasteiger partial charge in [0.25, 0.3) is 11.8 Å². The highest BCUT2D eigenvalue weighted by atomic mass is 35.5. The van der Waals surface area contributed by atoms with Crippen molar-refractivity contribution in [3.05, 3.63) is 58.2 Å². The fourth-order valence-corrected chi connectivity index (χ4v) is 5.10. The number of hydrogen-bond acceptors (Lipinski definition) is 5. The van der Waals surface area contributed by atoms with Crippen LogP contribution >= 0.6 is 11.6 Å². The van der Waals surface area contributed by atoms with Gasteiger partial charge in [0.1, 0.15) is 10.7 Å². The van der Waals surface area contributed by atoms with E-state index in [1.54, 1.807) is 31.3 Å². The Balaban J connectivity index is 1.15. The van der Waals surface area contributed by atoms with Gasteiger partial charge >= 0.3 is 0 Å². The van der Waals surface area contributed by atoms with Crippen LogP contribution < -0.4 is 5.32 Å². The molecule has 0 unspecified atom stereocenters. The minimum absolute atomic E-state index is 0.0507. The number of oxazole rings is 1. The molecule has 0 radical (unpaired) electrons. The summed E-state index contributed by atoms with van der Waals surface area (Å²) in [4.78, 5) is 35.8. The first-order chi connectivity index (χ1) is 15.3. The van der Waals surface area contributed by atoms with Gasteiger partial charge in [0, 0.05) is 43.2 Å². The second kappa shape index (κ2) is 7.89. The number of rotatable bonds is 3. The number of aryl methyl sites for hydroxylation is 2. The molecular formula is C24H25ClN4O3. The number of nitrogens with zero attached hydrogens (tertiary/aromatic N) is 3. The van der Waals surface area contributed by atoms with Gasteiger partial charge in [-0.2, -0.15) is 0 Å². The molecule has 5 rings (SSSR count). The third kappa shape index (κ3) is 3.86. The maximum atomic E-state index is 12.8. The van der Waals surface area contributed by atoms with Crippen LogP contribution in [0.15, 0.2) is 34.9 Å². The van der Waals surface area contributed by atoms with Gasteiger partial charge in [-0.25, -0.2) is 9.97 Å². The van der Waals surface area contributed by atoms with Crippen LogP contribution in [0.25, 0.3) is 11.1 Å². The Morgan fingerprint density at radius 2 is 1.94 bits per heavy atom. The summed E-state index contributed by atoms with van der Waals surface area (Å²) in [6.45, 7) is 5.16. The molecule has 2 fully saturated rings. The van der Waals surface area contributed by atoms with Gasteiger partial charge in [-0.15, -0.1) is 0 Å². The van der Waals surface area contributed by atoms with Gasteiger partial charge in [-0.3, -0.25) is 9.59 Å². The van der Waals surface area contributed by atoms with Crippen molar-refractivity contribution in [2.75, 3.05) is 13.1 Å². The van der Waals surface area contributed by atoms with Crippen LogP contribution in [0, 0.1) is 19.3 Å². The van der Waals surface area contributed by atoms with Gasteiger partial charge in [-0.1, -0.05) is 11.6 Å². The fraction of sp³-hybridized carbons (Fsp3) is 0.417. The average molecular weight is 453 g/mol. The van der Waals surface area contributed by atoms with Crippen molar-refractivity contribution >= 4 is 34.5 Å². The first kappa shape index (κ1) is 20.9. The second-order valence-electron chi connectivity index (χ2n) is 9.18. The van der Waals surface area contributed by atoms with Crippen molar-refractivity contribution in [1.29, 1.82) is 0 Å². The average Bonchev–Trinajstić information content (AvgIpc) is 3.13. The van der Waals surface area contributed by atoms with Gasteiger partial charge in [0.2, 0.25) is 0 Å². The molecule has 1 aromatic carbocycles. The van der Waals surface area contributed by atoms with Crippen molar-refractivity contribution in [2.45, 2.75) is 45.6 Å². The van der Waals surface area contributed by atoms with Crippen molar-refractivity contribution in [3.8, 4) is 0 Å². The minimum atomic E-state index is -0.0890. The summed E-state index contributed by atoms with van der Waals surface area (Å²) >= 11 is 6.14. The number of amides is 2. The monoisotopic (exact) mass is 452 g/mol. The van der Waals surface area contributed by atoms with Gasteiger partial charge in [0.05, 0.1) is 5.56 Å². The van der Waals surface area contributed by atoms with Crippen molar-refractivity contribution in [2.24, 2.45) is 5.41 Å². The molecule has 32 heavy (non-hydrogen) atoms. The Bertz CT molecular complexity index is 1210. The van der Waals surface area contributed by atoms with Crippen LogP contribution in [0.2, 0.25) is 5.15 Å². The zero-order chi connectivity index (χ0) is 22.5. The van der Waals surface area contributed by atoms with E-state index in [2.05, 4.69) is 15.3 Å². The van der Waals surface area contributed by atoms with E-state index in [0.29, 0.717) is 22.6 Å². The number of pyridine rings is 1. The third-order valence-corrected chi connectivity index (χ3v) is 6.99. The molecule has 1 spiro atoms. The first-order valence-electron chi connectivity index (χ1n) is 10.9. The third-order valence-electron chi connectivity index (χ3n) is 6.68. The lowest BCUT2D eigenvalue weighted by Gasteiger charge is -2.53. The number of halogens is 1. The van der Waals surface area contributed by atoms with E-state index in [1.165, 1.54) is 0 Å². The number of benzene rings is 1. The summed E-state index contributed by atoms with van der Waals surface area (Å²) in [5, 5.41) is 3.42. The van der Waals surface area contributed by atoms with Crippen LogP contribution in [-0.2, 0) is 0 Å². The normalized spacial score (nSPS) is 18.0. The predicted octanol–water partition coefficient (Wildman–Crippen LogP) is 4.31. The van der Waals surface area contributed by atoms with Crippen LogP contribution in [0.4, 0.5) is 0 Å². The molecule has 1 aliphatic carbocycles. The quantitative estimate of drug-likeness (QED) is 0.598.